The normalized spacial score (nSPS) is 24.9. The third-order valence-corrected chi connectivity index (χ3v) is 3.51. The number of aliphatic imine (C=N–C) groups is 1. The molecule has 1 fully saturated rings. The number of rotatable bonds is 1. The second-order valence-electron chi connectivity index (χ2n) is 4.54. The van der Waals surface area contributed by atoms with Gasteiger partial charge in [-0.2, -0.15) is 0 Å². The highest BCUT2D eigenvalue weighted by Crippen LogP contribution is 2.33. The van der Waals surface area contributed by atoms with Crippen molar-refractivity contribution >= 4 is 5.84 Å². The molecule has 0 radical (unpaired) electrons. The Morgan fingerprint density at radius 1 is 1.31 bits per heavy atom. The third-order valence-electron chi connectivity index (χ3n) is 3.51. The van der Waals surface area contributed by atoms with Crippen molar-refractivity contribution in [3.05, 3.63) is 30.1 Å². The van der Waals surface area contributed by atoms with Crippen LogP contribution in [0, 0.1) is 0 Å². The van der Waals surface area contributed by atoms with E-state index in [1.54, 1.807) is 0 Å². The van der Waals surface area contributed by atoms with E-state index in [0.717, 1.165) is 13.0 Å². The molecule has 16 heavy (non-hydrogen) atoms. The molecule has 0 N–H and O–H groups in total. The van der Waals surface area contributed by atoms with Gasteiger partial charge in [-0.05, 0) is 30.9 Å². The predicted molar refractivity (Wildman–Crippen MR) is 64.5 cm³/mol. The quantitative estimate of drug-likeness (QED) is 0.719. The molecule has 3 rings (SSSR count). The number of hydrogen-bond acceptors (Lipinski definition) is 3. The lowest BCUT2D eigenvalue weighted by Gasteiger charge is -2.26. The van der Waals surface area contributed by atoms with E-state index in [2.05, 4.69) is 20.9 Å². The largest absolute Gasteiger partial charge is 0.353 e. The smallest absolute Gasteiger partial charge is 0.0994 e. The Kier molecular flexibility index (Phi) is 2.60. The molecule has 1 saturated heterocycles. The first-order chi connectivity index (χ1) is 7.95. The molecule has 2 aliphatic rings. The predicted octanol–water partition coefficient (Wildman–Crippen LogP) is 2.41. The number of hydrogen-bond donors (Lipinski definition) is 0. The Hall–Kier alpha value is -1.38. The zero-order valence-corrected chi connectivity index (χ0v) is 9.47. The van der Waals surface area contributed by atoms with Crippen molar-refractivity contribution in [2.75, 3.05) is 13.1 Å². The van der Waals surface area contributed by atoms with Crippen LogP contribution in [0.5, 0.6) is 0 Å². The van der Waals surface area contributed by atoms with Crippen molar-refractivity contribution in [1.29, 1.82) is 0 Å². The molecule has 84 valence electrons. The summed E-state index contributed by atoms with van der Waals surface area (Å²) in [6.45, 7) is 2.18. The van der Waals surface area contributed by atoms with Gasteiger partial charge in [-0.3, -0.25) is 9.98 Å². The minimum Gasteiger partial charge on any atom is -0.353 e. The SMILES string of the molecule is c1cncc(C2CCCN2C2=NCCC2)c1. The standard InChI is InChI=1S/C13H17N3/c1-4-11(10-14-7-1)12-5-3-9-16(12)13-6-2-8-15-13/h1,4,7,10,12H,2-3,5-6,8-9H2. The van der Waals surface area contributed by atoms with Crippen molar-refractivity contribution < 1.29 is 0 Å². The van der Waals surface area contributed by atoms with Gasteiger partial charge in [0.05, 0.1) is 11.9 Å². The van der Waals surface area contributed by atoms with E-state index in [4.69, 9.17) is 0 Å². The van der Waals surface area contributed by atoms with Crippen molar-refractivity contribution in [3.8, 4) is 0 Å². The maximum Gasteiger partial charge on any atom is 0.0994 e. The van der Waals surface area contributed by atoms with Gasteiger partial charge in [-0.1, -0.05) is 6.07 Å². The van der Waals surface area contributed by atoms with Gasteiger partial charge < -0.3 is 4.90 Å². The van der Waals surface area contributed by atoms with E-state index in [0.29, 0.717) is 6.04 Å². The molecule has 2 aliphatic heterocycles. The molecular formula is C13H17N3. The Morgan fingerprint density at radius 2 is 2.31 bits per heavy atom. The molecule has 0 saturated carbocycles. The topological polar surface area (TPSA) is 28.5 Å². The van der Waals surface area contributed by atoms with E-state index in [1.807, 2.05) is 18.5 Å². The summed E-state index contributed by atoms with van der Waals surface area (Å²) in [5.74, 6) is 1.33. The molecule has 3 nitrogen and oxygen atoms in total. The molecule has 0 bridgehead atoms. The first-order valence-corrected chi connectivity index (χ1v) is 6.15. The van der Waals surface area contributed by atoms with E-state index in [9.17, 15) is 0 Å². The zero-order chi connectivity index (χ0) is 10.8. The first-order valence-electron chi connectivity index (χ1n) is 6.15. The van der Waals surface area contributed by atoms with Crippen LogP contribution in [-0.4, -0.2) is 28.8 Å². The van der Waals surface area contributed by atoms with Gasteiger partial charge in [0.2, 0.25) is 0 Å². The molecule has 1 aromatic rings. The molecule has 0 aliphatic carbocycles. The lowest BCUT2D eigenvalue weighted by atomic mass is 10.1. The number of pyridine rings is 1. The summed E-state index contributed by atoms with van der Waals surface area (Å²) >= 11 is 0. The van der Waals surface area contributed by atoms with Crippen LogP contribution >= 0.6 is 0 Å². The Balaban J connectivity index is 1.84. The number of likely N-dealkylation sites (tertiary alicyclic amines) is 1. The third kappa shape index (κ3) is 1.70. The number of aromatic nitrogens is 1. The van der Waals surface area contributed by atoms with Gasteiger partial charge in [-0.25, -0.2) is 0 Å². The van der Waals surface area contributed by atoms with Crippen LogP contribution in [-0.2, 0) is 0 Å². The molecular weight excluding hydrogens is 198 g/mol. The highest BCUT2D eigenvalue weighted by Gasteiger charge is 2.29. The van der Waals surface area contributed by atoms with Crippen molar-refractivity contribution in [1.82, 2.24) is 9.88 Å². The van der Waals surface area contributed by atoms with Gasteiger partial charge in [0.25, 0.3) is 0 Å². The number of amidine groups is 1. The van der Waals surface area contributed by atoms with E-state index in [-0.39, 0.29) is 0 Å². The van der Waals surface area contributed by atoms with Crippen LogP contribution in [0.25, 0.3) is 0 Å². The summed E-state index contributed by atoms with van der Waals surface area (Å²) in [7, 11) is 0. The Labute approximate surface area is 96.2 Å². The molecule has 1 unspecified atom stereocenters. The summed E-state index contributed by atoms with van der Waals surface area (Å²) in [4.78, 5) is 11.3. The van der Waals surface area contributed by atoms with Gasteiger partial charge in [0.1, 0.15) is 0 Å². The Morgan fingerprint density at radius 3 is 3.06 bits per heavy atom. The van der Waals surface area contributed by atoms with Crippen LogP contribution in [0.1, 0.15) is 37.3 Å². The summed E-state index contributed by atoms with van der Waals surface area (Å²) < 4.78 is 0. The van der Waals surface area contributed by atoms with Crippen molar-refractivity contribution in [2.24, 2.45) is 4.99 Å². The second kappa shape index (κ2) is 4.24. The molecule has 0 amide bonds. The van der Waals surface area contributed by atoms with Crippen LogP contribution in [0.15, 0.2) is 29.5 Å². The lowest BCUT2D eigenvalue weighted by Crippen LogP contribution is -2.29. The molecule has 0 aromatic carbocycles. The van der Waals surface area contributed by atoms with Crippen LogP contribution in [0.4, 0.5) is 0 Å². The maximum atomic E-state index is 4.62. The molecule has 3 heterocycles. The van der Waals surface area contributed by atoms with Gasteiger partial charge in [-0.15, -0.1) is 0 Å². The molecule has 3 heteroatoms. The van der Waals surface area contributed by atoms with Crippen LogP contribution < -0.4 is 0 Å². The van der Waals surface area contributed by atoms with Crippen molar-refractivity contribution in [3.63, 3.8) is 0 Å². The molecule has 0 spiro atoms. The fraction of sp³-hybridized carbons (Fsp3) is 0.538. The summed E-state index contributed by atoms with van der Waals surface area (Å²) in [5.41, 5.74) is 1.34. The van der Waals surface area contributed by atoms with Gasteiger partial charge in [0, 0.05) is 31.9 Å². The van der Waals surface area contributed by atoms with E-state index in [1.165, 1.54) is 37.2 Å². The minimum absolute atomic E-state index is 0.519. The monoisotopic (exact) mass is 215 g/mol. The highest BCUT2D eigenvalue weighted by atomic mass is 15.2. The fourth-order valence-electron chi connectivity index (χ4n) is 2.75. The number of nitrogens with zero attached hydrogens (tertiary/aromatic N) is 3. The van der Waals surface area contributed by atoms with E-state index >= 15 is 0 Å². The highest BCUT2D eigenvalue weighted by molar-refractivity contribution is 5.84. The zero-order valence-electron chi connectivity index (χ0n) is 9.47. The summed E-state index contributed by atoms with van der Waals surface area (Å²) in [5, 5.41) is 0. The average Bonchev–Trinajstić information content (AvgIpc) is 3.01. The summed E-state index contributed by atoms with van der Waals surface area (Å²) in [6.07, 6.45) is 8.75. The van der Waals surface area contributed by atoms with Crippen LogP contribution in [0.2, 0.25) is 0 Å². The van der Waals surface area contributed by atoms with Crippen LogP contribution in [0.3, 0.4) is 0 Å². The molecule has 1 atom stereocenters. The van der Waals surface area contributed by atoms with Crippen molar-refractivity contribution in [2.45, 2.75) is 31.7 Å². The second-order valence-corrected chi connectivity index (χ2v) is 4.54. The lowest BCUT2D eigenvalue weighted by molar-refractivity contribution is 0.394. The van der Waals surface area contributed by atoms with Gasteiger partial charge >= 0.3 is 0 Å². The maximum absolute atomic E-state index is 4.62. The molecule has 1 aromatic heterocycles. The average molecular weight is 215 g/mol. The fourth-order valence-corrected chi connectivity index (χ4v) is 2.75. The summed E-state index contributed by atoms with van der Waals surface area (Å²) in [6, 6.07) is 4.74. The Bertz CT molecular complexity index is 385. The van der Waals surface area contributed by atoms with Gasteiger partial charge in [0.15, 0.2) is 0 Å². The first kappa shape index (κ1) is 9.82. The van der Waals surface area contributed by atoms with E-state index < -0.39 is 0 Å². The minimum atomic E-state index is 0.519.